The van der Waals surface area contributed by atoms with Crippen LogP contribution < -0.4 is 5.43 Å². The zero-order chi connectivity index (χ0) is 23.8. The number of hydrazone groups is 1. The van der Waals surface area contributed by atoms with Crippen molar-refractivity contribution in [3.05, 3.63) is 99.8 Å². The van der Waals surface area contributed by atoms with Crippen LogP contribution in [0.4, 0.5) is 4.39 Å². The van der Waals surface area contributed by atoms with E-state index >= 15 is 0 Å². The van der Waals surface area contributed by atoms with E-state index in [1.165, 1.54) is 42.5 Å². The minimum atomic E-state index is -3.99. The molecule has 0 aliphatic rings. The molecule has 0 aliphatic heterocycles. The third-order valence-electron chi connectivity index (χ3n) is 4.65. The van der Waals surface area contributed by atoms with Crippen molar-refractivity contribution in [3.8, 4) is 0 Å². The topological polar surface area (TPSA) is 78.8 Å². The molecule has 0 heterocycles. The van der Waals surface area contributed by atoms with Crippen LogP contribution >= 0.6 is 23.2 Å². The lowest BCUT2D eigenvalue weighted by Gasteiger charge is -2.21. The number of benzene rings is 3. The van der Waals surface area contributed by atoms with Crippen LogP contribution in [0.1, 0.15) is 11.1 Å². The van der Waals surface area contributed by atoms with E-state index in [9.17, 15) is 17.6 Å². The first-order chi connectivity index (χ1) is 15.8. The minimum Gasteiger partial charge on any atom is -0.272 e. The third-order valence-corrected chi connectivity index (χ3v) is 7.09. The number of halogens is 3. The first-order valence-electron chi connectivity index (χ1n) is 9.83. The lowest BCUT2D eigenvalue weighted by Crippen LogP contribution is -2.40. The van der Waals surface area contributed by atoms with Crippen LogP contribution in [-0.2, 0) is 21.2 Å². The summed E-state index contributed by atoms with van der Waals surface area (Å²) >= 11 is 11.8. The Morgan fingerprint density at radius 2 is 1.70 bits per heavy atom. The Hall–Kier alpha value is -2.78. The van der Waals surface area contributed by atoms with E-state index in [4.69, 9.17) is 23.2 Å². The van der Waals surface area contributed by atoms with Crippen molar-refractivity contribution in [2.75, 3.05) is 13.1 Å². The summed E-state index contributed by atoms with van der Waals surface area (Å²) < 4.78 is 41.3. The summed E-state index contributed by atoms with van der Waals surface area (Å²) in [6.07, 6.45) is 1.46. The number of amides is 1. The zero-order valence-electron chi connectivity index (χ0n) is 17.3. The predicted molar refractivity (Wildman–Crippen MR) is 128 cm³/mol. The summed E-state index contributed by atoms with van der Waals surface area (Å²) in [4.78, 5) is 12.5. The smallest absolute Gasteiger partial charge is 0.255 e. The Bertz CT molecular complexity index is 1220. The molecule has 0 fully saturated rings. The molecule has 1 N–H and O–H groups in total. The highest BCUT2D eigenvalue weighted by molar-refractivity contribution is 7.89. The highest BCUT2D eigenvalue weighted by Crippen LogP contribution is 2.19. The van der Waals surface area contributed by atoms with Gasteiger partial charge >= 0.3 is 0 Å². The van der Waals surface area contributed by atoms with E-state index < -0.39 is 28.3 Å². The van der Waals surface area contributed by atoms with Crippen LogP contribution in [0.5, 0.6) is 0 Å². The highest BCUT2D eigenvalue weighted by atomic mass is 35.5. The Kier molecular flexibility index (Phi) is 8.57. The molecule has 3 aromatic carbocycles. The maximum absolute atomic E-state index is 13.8. The van der Waals surface area contributed by atoms with Crippen molar-refractivity contribution in [2.45, 2.75) is 11.3 Å². The van der Waals surface area contributed by atoms with Gasteiger partial charge in [-0.3, -0.25) is 4.79 Å². The van der Waals surface area contributed by atoms with Gasteiger partial charge in [0.2, 0.25) is 10.0 Å². The van der Waals surface area contributed by atoms with E-state index in [2.05, 4.69) is 10.5 Å². The van der Waals surface area contributed by atoms with Gasteiger partial charge in [0.05, 0.1) is 22.7 Å². The van der Waals surface area contributed by atoms with Gasteiger partial charge < -0.3 is 0 Å². The van der Waals surface area contributed by atoms with Gasteiger partial charge in [-0.15, -0.1) is 0 Å². The molecule has 0 unspecified atom stereocenters. The second kappa shape index (κ2) is 11.4. The van der Waals surface area contributed by atoms with E-state index in [0.717, 1.165) is 16.1 Å². The summed E-state index contributed by atoms with van der Waals surface area (Å²) in [5.41, 5.74) is 3.15. The Morgan fingerprint density at radius 3 is 2.36 bits per heavy atom. The fraction of sp³-hybridized carbons (Fsp3) is 0.130. The maximum atomic E-state index is 13.8. The van der Waals surface area contributed by atoms with E-state index in [-0.39, 0.29) is 22.0 Å². The maximum Gasteiger partial charge on any atom is 0.255 e. The molecule has 0 bridgehead atoms. The van der Waals surface area contributed by atoms with Gasteiger partial charge in [-0.25, -0.2) is 18.2 Å². The average molecular weight is 508 g/mol. The Balaban J connectivity index is 1.76. The van der Waals surface area contributed by atoms with Crippen LogP contribution in [0.3, 0.4) is 0 Å². The zero-order valence-corrected chi connectivity index (χ0v) is 19.6. The second-order valence-electron chi connectivity index (χ2n) is 6.96. The van der Waals surface area contributed by atoms with Gasteiger partial charge in [0.15, 0.2) is 0 Å². The molecule has 172 valence electrons. The Labute approximate surface area is 201 Å². The molecular weight excluding hydrogens is 488 g/mol. The first kappa shape index (κ1) is 24.9. The van der Waals surface area contributed by atoms with E-state index in [0.29, 0.717) is 11.4 Å². The molecular formula is C23H20Cl2FN3O3S. The van der Waals surface area contributed by atoms with Gasteiger partial charge in [0.25, 0.3) is 5.91 Å². The molecule has 0 atom stereocenters. The van der Waals surface area contributed by atoms with Crippen LogP contribution in [0, 0.1) is 5.82 Å². The number of carbonyl (C=O) groups excluding carboxylic acids is 1. The van der Waals surface area contributed by atoms with Gasteiger partial charge in [-0.1, -0.05) is 59.6 Å². The lowest BCUT2D eigenvalue weighted by atomic mass is 10.1. The van der Waals surface area contributed by atoms with Crippen LogP contribution in [0.15, 0.2) is 82.8 Å². The molecule has 10 heteroatoms. The van der Waals surface area contributed by atoms with Crippen molar-refractivity contribution in [1.29, 1.82) is 0 Å². The quantitative estimate of drug-likeness (QED) is 0.341. The SMILES string of the molecule is O=C(CN(CCc1ccccc1)S(=O)(=O)c1ccc(Cl)cc1)N/N=C\c1c(F)cccc1Cl. The highest BCUT2D eigenvalue weighted by Gasteiger charge is 2.26. The summed E-state index contributed by atoms with van der Waals surface area (Å²) in [7, 11) is -3.99. The summed E-state index contributed by atoms with van der Waals surface area (Å²) in [5, 5.41) is 4.23. The minimum absolute atomic E-state index is 0.00851. The number of nitrogens with one attached hydrogen (secondary N) is 1. The van der Waals surface area contributed by atoms with Crippen molar-refractivity contribution >= 4 is 45.3 Å². The first-order valence-corrected chi connectivity index (χ1v) is 12.0. The van der Waals surface area contributed by atoms with Crippen molar-refractivity contribution in [2.24, 2.45) is 5.10 Å². The molecule has 6 nitrogen and oxygen atoms in total. The molecule has 1 amide bonds. The summed E-state index contributed by atoms with van der Waals surface area (Å²) in [5.74, 6) is -1.29. The average Bonchev–Trinajstić information content (AvgIpc) is 2.79. The van der Waals surface area contributed by atoms with Crippen molar-refractivity contribution < 1.29 is 17.6 Å². The summed E-state index contributed by atoms with van der Waals surface area (Å²) in [6.45, 7) is -0.425. The number of carbonyl (C=O) groups is 1. The molecule has 0 saturated heterocycles. The molecule has 0 aromatic heterocycles. The molecule has 0 saturated carbocycles. The van der Waals surface area contributed by atoms with Gasteiger partial charge in [0.1, 0.15) is 5.82 Å². The Morgan fingerprint density at radius 1 is 1.00 bits per heavy atom. The number of sulfonamides is 1. The van der Waals surface area contributed by atoms with Gasteiger partial charge in [-0.05, 0) is 48.4 Å². The molecule has 0 aliphatic carbocycles. The monoisotopic (exact) mass is 507 g/mol. The number of hydrogen-bond acceptors (Lipinski definition) is 4. The van der Waals surface area contributed by atoms with E-state index in [1.54, 1.807) is 0 Å². The van der Waals surface area contributed by atoms with E-state index in [1.807, 2.05) is 30.3 Å². The van der Waals surface area contributed by atoms with Crippen LogP contribution in [0.25, 0.3) is 0 Å². The molecule has 3 rings (SSSR count). The predicted octanol–water partition coefficient (Wildman–Crippen LogP) is 4.52. The van der Waals surface area contributed by atoms with Crippen LogP contribution in [-0.4, -0.2) is 37.9 Å². The standard InChI is InChI=1S/C23H20Cl2FN3O3S/c24-18-9-11-19(12-10-18)33(31,32)29(14-13-17-5-2-1-3-6-17)16-23(30)28-27-15-20-21(25)7-4-8-22(20)26/h1-12,15H,13-14,16H2,(H,28,30)/b27-15-. The molecule has 3 aromatic rings. The summed E-state index contributed by atoms with van der Waals surface area (Å²) in [6, 6.07) is 19.1. The normalized spacial score (nSPS) is 11.8. The number of nitrogens with zero attached hydrogens (tertiary/aromatic N) is 2. The second-order valence-corrected chi connectivity index (χ2v) is 9.74. The van der Waals surface area contributed by atoms with Crippen LogP contribution in [0.2, 0.25) is 10.0 Å². The molecule has 0 radical (unpaired) electrons. The number of hydrogen-bond donors (Lipinski definition) is 1. The number of rotatable bonds is 9. The third kappa shape index (κ3) is 6.85. The molecule has 33 heavy (non-hydrogen) atoms. The largest absolute Gasteiger partial charge is 0.272 e. The lowest BCUT2D eigenvalue weighted by molar-refractivity contribution is -0.121. The van der Waals surface area contributed by atoms with Crippen molar-refractivity contribution in [1.82, 2.24) is 9.73 Å². The fourth-order valence-corrected chi connectivity index (χ4v) is 4.67. The molecule has 0 spiro atoms. The van der Waals surface area contributed by atoms with Crippen molar-refractivity contribution in [3.63, 3.8) is 0 Å². The van der Waals surface area contributed by atoms with Gasteiger partial charge in [0, 0.05) is 17.1 Å². The fourth-order valence-electron chi connectivity index (χ4n) is 2.94. The van der Waals surface area contributed by atoms with Gasteiger partial charge in [-0.2, -0.15) is 9.41 Å².